The van der Waals surface area contributed by atoms with E-state index >= 15 is 0 Å². The molecule has 0 radical (unpaired) electrons. The van der Waals surface area contributed by atoms with Gasteiger partial charge in [0.15, 0.2) is 0 Å². The summed E-state index contributed by atoms with van der Waals surface area (Å²) in [6.07, 6.45) is 6.38. The monoisotopic (exact) mass is 216 g/mol. The molecule has 0 aliphatic heterocycles. The van der Waals surface area contributed by atoms with E-state index in [1.165, 1.54) is 5.56 Å². The number of nitrogens with two attached hydrogens (primary N) is 1. The van der Waals surface area contributed by atoms with Crippen LogP contribution in [0, 0.1) is 6.92 Å². The van der Waals surface area contributed by atoms with Gasteiger partial charge in [0.25, 0.3) is 0 Å². The van der Waals surface area contributed by atoms with Gasteiger partial charge < -0.3 is 5.73 Å². The van der Waals surface area contributed by atoms with Gasteiger partial charge >= 0.3 is 0 Å². The van der Waals surface area contributed by atoms with Gasteiger partial charge in [-0.2, -0.15) is 5.10 Å². The molecule has 2 N–H and O–H groups in total. The van der Waals surface area contributed by atoms with Crippen LogP contribution in [0.3, 0.4) is 0 Å². The number of hydrogen-bond donors (Lipinski definition) is 1. The molecule has 16 heavy (non-hydrogen) atoms. The van der Waals surface area contributed by atoms with Crippen LogP contribution in [0.25, 0.3) is 0 Å². The highest BCUT2D eigenvalue weighted by atomic mass is 15.2. The lowest BCUT2D eigenvalue weighted by molar-refractivity contribution is 0.714. The van der Waals surface area contributed by atoms with Crippen molar-refractivity contribution in [1.82, 2.24) is 14.8 Å². The van der Waals surface area contributed by atoms with Crippen molar-refractivity contribution in [2.24, 2.45) is 12.8 Å². The third-order valence-electron chi connectivity index (χ3n) is 2.66. The Hall–Kier alpha value is -1.68. The van der Waals surface area contributed by atoms with E-state index in [9.17, 15) is 0 Å². The molecule has 1 atom stereocenters. The van der Waals surface area contributed by atoms with Crippen LogP contribution in [0.4, 0.5) is 0 Å². The van der Waals surface area contributed by atoms with Gasteiger partial charge in [-0.25, -0.2) is 0 Å². The number of rotatable bonds is 3. The fourth-order valence-corrected chi connectivity index (χ4v) is 1.86. The van der Waals surface area contributed by atoms with Crippen molar-refractivity contribution < 1.29 is 0 Å². The van der Waals surface area contributed by atoms with Crippen molar-refractivity contribution >= 4 is 0 Å². The molecule has 4 nitrogen and oxygen atoms in total. The van der Waals surface area contributed by atoms with Crippen LogP contribution in [0.5, 0.6) is 0 Å². The Morgan fingerprint density at radius 3 is 2.62 bits per heavy atom. The molecule has 0 aliphatic carbocycles. The maximum atomic E-state index is 6.17. The smallest absolute Gasteiger partial charge is 0.0641 e. The molecule has 0 aromatic carbocycles. The molecule has 0 amide bonds. The molecule has 2 heterocycles. The van der Waals surface area contributed by atoms with E-state index in [1.807, 2.05) is 32.3 Å². The van der Waals surface area contributed by atoms with Gasteiger partial charge in [-0.05, 0) is 31.0 Å². The van der Waals surface area contributed by atoms with E-state index in [4.69, 9.17) is 5.73 Å². The summed E-state index contributed by atoms with van der Waals surface area (Å²) in [6.45, 7) is 1.99. The number of pyridine rings is 1. The van der Waals surface area contributed by atoms with Crippen LogP contribution in [-0.2, 0) is 13.5 Å². The molecule has 0 aliphatic rings. The van der Waals surface area contributed by atoms with Crippen molar-refractivity contribution in [2.45, 2.75) is 19.4 Å². The number of hydrogen-bond acceptors (Lipinski definition) is 3. The average molecular weight is 216 g/mol. The summed E-state index contributed by atoms with van der Waals surface area (Å²) in [6, 6.07) is 3.98. The van der Waals surface area contributed by atoms with Crippen LogP contribution < -0.4 is 5.73 Å². The number of nitrogens with zero attached hydrogens (tertiary/aromatic N) is 3. The molecule has 84 valence electrons. The Labute approximate surface area is 95.1 Å². The summed E-state index contributed by atoms with van der Waals surface area (Å²) in [5.41, 5.74) is 9.48. The predicted molar refractivity (Wildman–Crippen MR) is 62.8 cm³/mol. The van der Waals surface area contributed by atoms with Gasteiger partial charge in [0.1, 0.15) is 0 Å². The largest absolute Gasteiger partial charge is 0.324 e. The van der Waals surface area contributed by atoms with Crippen molar-refractivity contribution in [2.75, 3.05) is 0 Å². The van der Waals surface area contributed by atoms with Crippen molar-refractivity contribution in [3.63, 3.8) is 0 Å². The average Bonchev–Trinajstić information content (AvgIpc) is 2.59. The second kappa shape index (κ2) is 4.45. The Bertz CT molecular complexity index is 461. The zero-order valence-electron chi connectivity index (χ0n) is 9.59. The van der Waals surface area contributed by atoms with E-state index in [1.54, 1.807) is 17.1 Å². The molecule has 0 saturated heterocycles. The van der Waals surface area contributed by atoms with Gasteiger partial charge in [0.05, 0.1) is 5.69 Å². The topological polar surface area (TPSA) is 56.7 Å². The molecular weight excluding hydrogens is 200 g/mol. The SMILES string of the molecule is Cc1nn(C)cc1C(N)Cc1ccncc1. The predicted octanol–water partition coefficient (Wildman–Crippen LogP) is 1.37. The molecule has 1 unspecified atom stereocenters. The van der Waals surface area contributed by atoms with Crippen molar-refractivity contribution in [3.8, 4) is 0 Å². The van der Waals surface area contributed by atoms with Crippen LogP contribution in [0.2, 0.25) is 0 Å². The summed E-state index contributed by atoms with van der Waals surface area (Å²) in [4.78, 5) is 3.99. The highest BCUT2D eigenvalue weighted by Gasteiger charge is 2.12. The summed E-state index contributed by atoms with van der Waals surface area (Å²) in [7, 11) is 1.91. The lowest BCUT2D eigenvalue weighted by Crippen LogP contribution is -2.13. The summed E-state index contributed by atoms with van der Waals surface area (Å²) in [5.74, 6) is 0. The quantitative estimate of drug-likeness (QED) is 0.843. The molecular formula is C12H16N4. The molecule has 0 saturated carbocycles. The maximum absolute atomic E-state index is 6.17. The third kappa shape index (κ3) is 2.28. The van der Waals surface area contributed by atoms with Gasteiger partial charge in [-0.3, -0.25) is 9.67 Å². The van der Waals surface area contributed by atoms with E-state index in [2.05, 4.69) is 10.1 Å². The first kappa shape index (κ1) is 10.8. The number of aromatic nitrogens is 3. The minimum absolute atomic E-state index is 0.00361. The molecule has 0 spiro atoms. The van der Waals surface area contributed by atoms with Crippen LogP contribution in [0.1, 0.15) is 22.9 Å². The van der Waals surface area contributed by atoms with E-state index in [0.717, 1.165) is 17.7 Å². The Morgan fingerprint density at radius 1 is 1.38 bits per heavy atom. The molecule has 4 heteroatoms. The fraction of sp³-hybridized carbons (Fsp3) is 0.333. The molecule has 2 aromatic rings. The van der Waals surface area contributed by atoms with E-state index in [-0.39, 0.29) is 6.04 Å². The van der Waals surface area contributed by atoms with Gasteiger partial charge in [0, 0.05) is 37.2 Å². The molecule has 0 bridgehead atoms. The van der Waals surface area contributed by atoms with Crippen molar-refractivity contribution in [3.05, 3.63) is 47.5 Å². The maximum Gasteiger partial charge on any atom is 0.0641 e. The molecule has 2 rings (SSSR count). The lowest BCUT2D eigenvalue weighted by Gasteiger charge is -2.10. The van der Waals surface area contributed by atoms with Gasteiger partial charge in [-0.15, -0.1) is 0 Å². The first-order valence-corrected chi connectivity index (χ1v) is 5.31. The van der Waals surface area contributed by atoms with Crippen LogP contribution >= 0.6 is 0 Å². The standard InChI is InChI=1S/C12H16N4/c1-9-11(8-16(2)15-9)12(13)7-10-3-5-14-6-4-10/h3-6,8,12H,7,13H2,1-2H3. The molecule has 2 aromatic heterocycles. The number of aryl methyl sites for hydroxylation is 2. The van der Waals surface area contributed by atoms with E-state index in [0.29, 0.717) is 0 Å². The van der Waals surface area contributed by atoms with Gasteiger partial charge in [0.2, 0.25) is 0 Å². The summed E-state index contributed by atoms with van der Waals surface area (Å²) in [5, 5.41) is 4.30. The summed E-state index contributed by atoms with van der Waals surface area (Å²) >= 11 is 0. The minimum atomic E-state index is -0.00361. The van der Waals surface area contributed by atoms with E-state index < -0.39 is 0 Å². The normalized spacial score (nSPS) is 12.7. The second-order valence-corrected chi connectivity index (χ2v) is 4.01. The zero-order chi connectivity index (χ0) is 11.5. The third-order valence-corrected chi connectivity index (χ3v) is 2.66. The van der Waals surface area contributed by atoms with Gasteiger partial charge in [-0.1, -0.05) is 0 Å². The second-order valence-electron chi connectivity index (χ2n) is 4.01. The van der Waals surface area contributed by atoms with Crippen molar-refractivity contribution in [1.29, 1.82) is 0 Å². The Morgan fingerprint density at radius 2 is 2.06 bits per heavy atom. The highest BCUT2D eigenvalue weighted by molar-refractivity contribution is 5.23. The Balaban J connectivity index is 2.14. The van der Waals surface area contributed by atoms with Crippen LogP contribution in [0.15, 0.2) is 30.7 Å². The fourth-order valence-electron chi connectivity index (χ4n) is 1.86. The highest BCUT2D eigenvalue weighted by Crippen LogP contribution is 2.17. The first-order valence-electron chi connectivity index (χ1n) is 5.31. The summed E-state index contributed by atoms with van der Waals surface area (Å²) < 4.78 is 1.80. The zero-order valence-corrected chi connectivity index (χ0v) is 9.59. The molecule has 0 fully saturated rings. The lowest BCUT2D eigenvalue weighted by atomic mass is 10.0. The minimum Gasteiger partial charge on any atom is -0.324 e. The van der Waals surface area contributed by atoms with Crippen LogP contribution in [-0.4, -0.2) is 14.8 Å². The Kier molecular flexibility index (Phi) is 3.01. The first-order chi connectivity index (χ1) is 7.66.